The van der Waals surface area contributed by atoms with Crippen LogP contribution in [-0.2, 0) is 0 Å². The van der Waals surface area contributed by atoms with E-state index < -0.39 is 0 Å². The van der Waals surface area contributed by atoms with Crippen LogP contribution in [0.3, 0.4) is 0 Å². The molecule has 0 fully saturated rings. The summed E-state index contributed by atoms with van der Waals surface area (Å²) in [4.78, 5) is 5.22. The molecule has 0 radical (unpaired) electrons. The van der Waals surface area contributed by atoms with Crippen molar-refractivity contribution < 1.29 is 4.58 Å². The zero-order valence-corrected chi connectivity index (χ0v) is 13.8. The molecule has 0 aromatic carbocycles. The van der Waals surface area contributed by atoms with Crippen molar-refractivity contribution in [2.24, 2.45) is 10.9 Å². The van der Waals surface area contributed by atoms with Gasteiger partial charge in [0.15, 0.2) is 5.70 Å². The molecule has 1 atom stereocenters. The van der Waals surface area contributed by atoms with Crippen molar-refractivity contribution in [1.82, 2.24) is 0 Å². The van der Waals surface area contributed by atoms with E-state index in [1.807, 2.05) is 25.3 Å². The van der Waals surface area contributed by atoms with E-state index in [0.29, 0.717) is 5.92 Å². The lowest BCUT2D eigenvalue weighted by molar-refractivity contribution is -0.349. The van der Waals surface area contributed by atoms with Gasteiger partial charge in [0.2, 0.25) is 0 Å². The lowest BCUT2D eigenvalue weighted by atomic mass is 10.0. The van der Waals surface area contributed by atoms with E-state index in [-0.39, 0.29) is 0 Å². The summed E-state index contributed by atoms with van der Waals surface area (Å²) in [7, 11) is 1.87. The van der Waals surface area contributed by atoms with Gasteiger partial charge in [0.1, 0.15) is 0 Å². The highest BCUT2D eigenvalue weighted by molar-refractivity contribution is 7.84. The molecule has 0 rings (SSSR count). The van der Waals surface area contributed by atoms with Gasteiger partial charge in [-0.15, -0.1) is 12.6 Å². The lowest BCUT2D eigenvalue weighted by Crippen LogP contribution is -1.98. The summed E-state index contributed by atoms with van der Waals surface area (Å²) >= 11 is 4.10. The fourth-order valence-electron chi connectivity index (χ4n) is 1.64. The highest BCUT2D eigenvalue weighted by Gasteiger charge is 2.03. The first kappa shape index (κ1) is 18.7. The van der Waals surface area contributed by atoms with Crippen LogP contribution >= 0.6 is 12.6 Å². The van der Waals surface area contributed by atoms with Crippen molar-refractivity contribution >= 4 is 25.7 Å². The largest absolute Gasteiger partial charge is 0.285 e. The van der Waals surface area contributed by atoms with Crippen LogP contribution in [-0.4, -0.2) is 24.7 Å². The van der Waals surface area contributed by atoms with E-state index >= 15 is 0 Å². The fourth-order valence-corrected chi connectivity index (χ4v) is 1.72. The second-order valence-electron chi connectivity index (χ2n) is 4.91. The minimum absolute atomic E-state index is 0.545. The maximum atomic E-state index is 4.47. The van der Waals surface area contributed by atoms with E-state index in [1.54, 1.807) is 10.9 Å². The third kappa shape index (κ3) is 11.7. The van der Waals surface area contributed by atoms with Crippen molar-refractivity contribution in [3.05, 3.63) is 47.6 Å². The summed E-state index contributed by atoms with van der Waals surface area (Å²) in [6.45, 7) is 11.9. The summed E-state index contributed by atoms with van der Waals surface area (Å²) in [6, 6.07) is 0. The molecule has 2 nitrogen and oxygen atoms in total. The molecule has 0 bridgehead atoms. The molecule has 0 aromatic heterocycles. The second kappa shape index (κ2) is 11.5. The van der Waals surface area contributed by atoms with E-state index in [0.717, 1.165) is 17.0 Å². The minimum Gasteiger partial charge on any atom is -0.247 e. The van der Waals surface area contributed by atoms with Crippen LogP contribution in [0.2, 0.25) is 0 Å². The van der Waals surface area contributed by atoms with Crippen molar-refractivity contribution in [3.8, 4) is 0 Å². The molecule has 0 heterocycles. The van der Waals surface area contributed by atoms with Crippen LogP contribution in [0.1, 0.15) is 33.1 Å². The summed E-state index contributed by atoms with van der Waals surface area (Å²) in [5.41, 5.74) is 1.07. The highest BCUT2D eigenvalue weighted by Crippen LogP contribution is 2.13. The number of allylic oxidation sites excluding steroid dienone is 5. The molecule has 0 saturated heterocycles. The number of rotatable bonds is 9. The zero-order chi connectivity index (χ0) is 15.4. The molecular weight excluding hydrogens is 264 g/mol. The zero-order valence-electron chi connectivity index (χ0n) is 12.9. The van der Waals surface area contributed by atoms with Crippen LogP contribution in [0.5, 0.6) is 0 Å². The van der Waals surface area contributed by atoms with Crippen molar-refractivity contribution in [2.45, 2.75) is 33.1 Å². The van der Waals surface area contributed by atoms with Crippen molar-refractivity contribution in [1.29, 1.82) is 0 Å². The molecule has 0 aliphatic rings. The second-order valence-corrected chi connectivity index (χ2v) is 5.48. The topological polar surface area (TPSA) is 15.4 Å². The van der Waals surface area contributed by atoms with Crippen molar-refractivity contribution in [2.75, 3.05) is 7.05 Å². The van der Waals surface area contributed by atoms with Gasteiger partial charge in [-0.25, -0.2) is 4.58 Å². The molecule has 1 unspecified atom stereocenters. The van der Waals surface area contributed by atoms with Crippen molar-refractivity contribution in [3.63, 3.8) is 0 Å². The number of hydrogen-bond acceptors (Lipinski definition) is 2. The summed E-state index contributed by atoms with van der Waals surface area (Å²) in [6.07, 6.45) is 15.0. The Hall–Kier alpha value is -1.35. The Morgan fingerprint density at radius 3 is 2.65 bits per heavy atom. The Bertz CT molecular complexity index is 428. The smallest absolute Gasteiger partial charge is 0.247 e. The third-order valence-corrected chi connectivity index (χ3v) is 2.65. The molecule has 0 aliphatic heterocycles. The maximum absolute atomic E-state index is 4.47. The normalized spacial score (nSPS) is 14.5. The highest BCUT2D eigenvalue weighted by atomic mass is 32.1. The molecule has 20 heavy (non-hydrogen) atoms. The van der Waals surface area contributed by atoms with Crippen LogP contribution in [0.15, 0.2) is 52.6 Å². The molecule has 0 N–H and O–H groups in total. The monoisotopic (exact) mass is 291 g/mol. The summed E-state index contributed by atoms with van der Waals surface area (Å²) in [5, 5.41) is 0. The van der Waals surface area contributed by atoms with E-state index in [4.69, 9.17) is 0 Å². The molecule has 110 valence electrons. The SMILES string of the molecule is C=C(S)/C=C\C=C/C/C(=C/C(C)CCC)N=C[N+](=C)C. The summed E-state index contributed by atoms with van der Waals surface area (Å²) < 4.78 is 1.70. The first-order valence-electron chi connectivity index (χ1n) is 6.95. The third-order valence-electron chi connectivity index (χ3n) is 2.50. The standard InChI is InChI=1S/C17H26N2S/c1-6-10-15(2)13-17(18-14-19(4)5)12-9-7-8-11-16(3)20/h7-9,11,13-15H,3-4,6,10,12H2,1-2,5H3/p+1/b9-7-,11-8-,17-13-,18-14?. The lowest BCUT2D eigenvalue weighted by Gasteiger charge is -2.02. The van der Waals surface area contributed by atoms with Crippen LogP contribution in [0.4, 0.5) is 0 Å². The van der Waals surface area contributed by atoms with Gasteiger partial charge in [0.25, 0.3) is 6.34 Å². The number of thiol groups is 1. The Balaban J connectivity index is 4.69. The predicted molar refractivity (Wildman–Crippen MR) is 95.0 cm³/mol. The van der Waals surface area contributed by atoms with Crippen LogP contribution in [0.25, 0.3) is 0 Å². The molecule has 0 spiro atoms. The average Bonchev–Trinajstić information content (AvgIpc) is 2.35. The minimum atomic E-state index is 0.545. The number of nitrogens with zero attached hydrogens (tertiary/aromatic N) is 2. The first-order valence-corrected chi connectivity index (χ1v) is 7.39. The summed E-state index contributed by atoms with van der Waals surface area (Å²) in [5.74, 6) is 0.545. The molecule has 0 aromatic rings. The van der Waals surface area contributed by atoms with Gasteiger partial charge in [-0.1, -0.05) is 50.1 Å². The van der Waals surface area contributed by atoms with Gasteiger partial charge in [0.05, 0.1) is 13.8 Å². The van der Waals surface area contributed by atoms with E-state index in [2.05, 4.69) is 56.9 Å². The Morgan fingerprint density at radius 1 is 1.40 bits per heavy atom. The van der Waals surface area contributed by atoms with E-state index in [1.165, 1.54) is 12.8 Å². The predicted octanol–water partition coefficient (Wildman–Crippen LogP) is 4.62. The molecule has 3 heteroatoms. The van der Waals surface area contributed by atoms with Crippen LogP contribution < -0.4 is 0 Å². The quantitative estimate of drug-likeness (QED) is 0.210. The Kier molecular flexibility index (Phi) is 10.7. The van der Waals surface area contributed by atoms with Gasteiger partial charge < -0.3 is 0 Å². The van der Waals surface area contributed by atoms with Gasteiger partial charge in [0, 0.05) is 6.42 Å². The van der Waals surface area contributed by atoms with Gasteiger partial charge in [-0.05, 0) is 29.4 Å². The molecular formula is C17H27N2S+. The molecule has 0 amide bonds. The average molecular weight is 291 g/mol. The number of hydrogen-bond donors (Lipinski definition) is 1. The Morgan fingerprint density at radius 2 is 2.10 bits per heavy atom. The number of aliphatic imine (C=N–C) groups is 1. The van der Waals surface area contributed by atoms with Gasteiger partial charge in [-0.2, -0.15) is 0 Å². The van der Waals surface area contributed by atoms with Gasteiger partial charge in [-0.3, -0.25) is 0 Å². The van der Waals surface area contributed by atoms with E-state index in [9.17, 15) is 0 Å². The Labute approximate surface area is 129 Å². The fraction of sp³-hybridized carbons (Fsp3) is 0.412. The molecule has 0 saturated carbocycles. The maximum Gasteiger partial charge on any atom is 0.285 e. The van der Waals surface area contributed by atoms with Gasteiger partial charge >= 0.3 is 0 Å². The first-order chi connectivity index (χ1) is 9.45. The van der Waals surface area contributed by atoms with Crippen LogP contribution in [0, 0.1) is 5.92 Å². The molecule has 0 aliphatic carbocycles.